The quantitative estimate of drug-likeness (QED) is 0.870. The second kappa shape index (κ2) is 7.43. The van der Waals surface area contributed by atoms with Gasteiger partial charge in [-0.2, -0.15) is 15.8 Å². The summed E-state index contributed by atoms with van der Waals surface area (Å²) in [5.74, 6) is -3.43. The summed E-state index contributed by atoms with van der Waals surface area (Å²) in [6.07, 6.45) is 2.69. The fourth-order valence-electron chi connectivity index (χ4n) is 4.36. The molecule has 0 spiro atoms. The van der Waals surface area contributed by atoms with Crippen molar-refractivity contribution in [3.63, 3.8) is 0 Å². The number of hydrogen-bond donors (Lipinski definition) is 1. The summed E-state index contributed by atoms with van der Waals surface area (Å²) in [6, 6.07) is 9.23. The van der Waals surface area contributed by atoms with E-state index in [4.69, 9.17) is 5.73 Å². The highest BCUT2D eigenvalue weighted by molar-refractivity contribution is 5.59. The molecule has 1 aromatic carbocycles. The Hall–Kier alpha value is -3.21. The van der Waals surface area contributed by atoms with Crippen molar-refractivity contribution in [3.8, 4) is 18.2 Å². The highest BCUT2D eigenvalue weighted by atomic mass is 19.1. The molecule has 1 heterocycles. The molecule has 1 aromatic rings. The molecular formula is C21H19F2N5. The number of halogens is 2. The van der Waals surface area contributed by atoms with E-state index in [-0.39, 0.29) is 16.8 Å². The van der Waals surface area contributed by atoms with Crippen LogP contribution in [0.4, 0.5) is 8.78 Å². The van der Waals surface area contributed by atoms with Gasteiger partial charge in [0, 0.05) is 30.5 Å². The van der Waals surface area contributed by atoms with E-state index in [1.165, 1.54) is 6.07 Å². The number of fused-ring (bicyclic) bond motifs is 1. The lowest BCUT2D eigenvalue weighted by Crippen LogP contribution is -2.48. The van der Waals surface area contributed by atoms with Crippen LogP contribution in [0, 0.1) is 57.0 Å². The standard InChI is InChI=1S/C21H19F2N5/c1-2-7-28-8-6-13-14(9-24)20(27)21(11-25,12-26)19(15(13)10-28)18-16(22)4-3-5-17(18)23/h3-6,15,19H,2,7-8,10,27H2,1H3/t15-,19+/m1/s1. The van der Waals surface area contributed by atoms with Gasteiger partial charge in [0.25, 0.3) is 0 Å². The maximum absolute atomic E-state index is 14.7. The number of hydrogen-bond acceptors (Lipinski definition) is 5. The Bertz CT molecular complexity index is 955. The van der Waals surface area contributed by atoms with E-state index >= 15 is 0 Å². The molecule has 2 atom stereocenters. The fraction of sp³-hybridized carbons (Fsp3) is 0.381. The molecule has 0 radical (unpaired) electrons. The molecule has 0 unspecified atom stereocenters. The predicted molar refractivity (Wildman–Crippen MR) is 97.9 cm³/mol. The predicted octanol–water partition coefficient (Wildman–Crippen LogP) is 3.10. The SMILES string of the molecule is CCCN1CC=C2C(C#N)=C(N)C(C#N)(C#N)[C@H](c3c(F)cccc3F)[C@@H]2C1. The Kier molecular flexibility index (Phi) is 5.18. The molecule has 0 fully saturated rings. The minimum absolute atomic E-state index is 0.0669. The minimum Gasteiger partial charge on any atom is -0.399 e. The van der Waals surface area contributed by atoms with Gasteiger partial charge < -0.3 is 5.73 Å². The number of benzene rings is 1. The van der Waals surface area contributed by atoms with Crippen LogP contribution in [0.2, 0.25) is 0 Å². The van der Waals surface area contributed by atoms with Crippen LogP contribution in [0.15, 0.2) is 41.1 Å². The van der Waals surface area contributed by atoms with Crippen LogP contribution >= 0.6 is 0 Å². The lowest BCUT2D eigenvalue weighted by Gasteiger charge is -2.45. The Labute approximate surface area is 162 Å². The topological polar surface area (TPSA) is 101 Å². The summed E-state index contributed by atoms with van der Waals surface area (Å²) in [5.41, 5.74) is 4.15. The summed E-state index contributed by atoms with van der Waals surface area (Å²) < 4.78 is 29.5. The van der Waals surface area contributed by atoms with E-state index < -0.39 is 28.9 Å². The van der Waals surface area contributed by atoms with Gasteiger partial charge in [-0.05, 0) is 30.7 Å². The second-order valence-corrected chi connectivity index (χ2v) is 7.07. The zero-order valence-electron chi connectivity index (χ0n) is 15.4. The van der Waals surface area contributed by atoms with Gasteiger partial charge in [-0.1, -0.05) is 19.1 Å². The van der Waals surface area contributed by atoms with Gasteiger partial charge in [0.05, 0.1) is 23.4 Å². The van der Waals surface area contributed by atoms with E-state index in [0.717, 1.165) is 25.1 Å². The smallest absolute Gasteiger partial charge is 0.191 e. The van der Waals surface area contributed by atoms with Gasteiger partial charge >= 0.3 is 0 Å². The van der Waals surface area contributed by atoms with Crippen molar-refractivity contribution in [1.82, 2.24) is 4.90 Å². The van der Waals surface area contributed by atoms with Crippen molar-refractivity contribution in [2.24, 2.45) is 17.1 Å². The molecule has 3 rings (SSSR count). The van der Waals surface area contributed by atoms with Crippen LogP contribution in [0.1, 0.15) is 24.8 Å². The van der Waals surface area contributed by atoms with Crippen LogP contribution in [0.25, 0.3) is 0 Å². The van der Waals surface area contributed by atoms with E-state index in [0.29, 0.717) is 18.7 Å². The molecule has 0 aromatic heterocycles. The van der Waals surface area contributed by atoms with Crippen molar-refractivity contribution < 1.29 is 8.78 Å². The average molecular weight is 379 g/mol. The molecule has 2 N–H and O–H groups in total. The van der Waals surface area contributed by atoms with Gasteiger partial charge in [0.1, 0.15) is 17.7 Å². The first-order valence-corrected chi connectivity index (χ1v) is 9.04. The van der Waals surface area contributed by atoms with Crippen molar-refractivity contribution in [3.05, 3.63) is 58.3 Å². The van der Waals surface area contributed by atoms with Crippen molar-refractivity contribution >= 4 is 0 Å². The molecule has 0 saturated heterocycles. The molecule has 142 valence electrons. The van der Waals surface area contributed by atoms with Crippen molar-refractivity contribution in [2.75, 3.05) is 19.6 Å². The van der Waals surface area contributed by atoms with Crippen molar-refractivity contribution in [1.29, 1.82) is 15.8 Å². The summed E-state index contributed by atoms with van der Waals surface area (Å²) in [4.78, 5) is 2.08. The number of nitriles is 3. The number of allylic oxidation sites excluding steroid dienone is 2. The molecule has 28 heavy (non-hydrogen) atoms. The third-order valence-corrected chi connectivity index (χ3v) is 5.59. The first kappa shape index (κ1) is 19.5. The van der Waals surface area contributed by atoms with Gasteiger partial charge in [-0.25, -0.2) is 8.78 Å². The summed E-state index contributed by atoms with van der Waals surface area (Å²) in [5, 5.41) is 29.5. The summed E-state index contributed by atoms with van der Waals surface area (Å²) in [7, 11) is 0. The second-order valence-electron chi connectivity index (χ2n) is 7.07. The highest BCUT2D eigenvalue weighted by Crippen LogP contribution is 2.54. The fourth-order valence-corrected chi connectivity index (χ4v) is 4.36. The van der Waals surface area contributed by atoms with Crippen LogP contribution in [0.3, 0.4) is 0 Å². The third kappa shape index (κ3) is 2.74. The maximum Gasteiger partial charge on any atom is 0.191 e. The lowest BCUT2D eigenvalue weighted by molar-refractivity contribution is 0.203. The maximum atomic E-state index is 14.7. The van der Waals surface area contributed by atoms with E-state index in [1.807, 2.05) is 31.2 Å². The molecule has 0 saturated carbocycles. The molecule has 1 aliphatic heterocycles. The third-order valence-electron chi connectivity index (χ3n) is 5.59. The minimum atomic E-state index is -2.04. The van der Waals surface area contributed by atoms with Gasteiger partial charge in [0.15, 0.2) is 5.41 Å². The van der Waals surface area contributed by atoms with Crippen LogP contribution < -0.4 is 5.73 Å². The molecular weight excluding hydrogens is 360 g/mol. The first-order chi connectivity index (χ1) is 13.4. The molecule has 2 aliphatic rings. The number of nitrogens with two attached hydrogens (primary N) is 1. The summed E-state index contributed by atoms with van der Waals surface area (Å²) >= 11 is 0. The van der Waals surface area contributed by atoms with Crippen LogP contribution in [0.5, 0.6) is 0 Å². The van der Waals surface area contributed by atoms with Gasteiger partial charge in [-0.3, -0.25) is 4.90 Å². The normalized spacial score (nSPS) is 23.8. The van der Waals surface area contributed by atoms with Crippen LogP contribution in [-0.2, 0) is 0 Å². The molecule has 5 nitrogen and oxygen atoms in total. The lowest BCUT2D eigenvalue weighted by atomic mass is 9.58. The van der Waals surface area contributed by atoms with Gasteiger partial charge in [0.2, 0.25) is 0 Å². The monoisotopic (exact) mass is 379 g/mol. The van der Waals surface area contributed by atoms with E-state index in [2.05, 4.69) is 4.90 Å². The molecule has 7 heteroatoms. The van der Waals surface area contributed by atoms with Crippen molar-refractivity contribution in [2.45, 2.75) is 19.3 Å². The zero-order valence-corrected chi connectivity index (χ0v) is 15.4. The Morgan fingerprint density at radius 2 is 1.86 bits per heavy atom. The number of nitrogens with zero attached hydrogens (tertiary/aromatic N) is 4. The van der Waals surface area contributed by atoms with E-state index in [1.54, 1.807) is 0 Å². The Morgan fingerprint density at radius 3 is 2.39 bits per heavy atom. The zero-order chi connectivity index (χ0) is 20.5. The average Bonchev–Trinajstić information content (AvgIpc) is 2.69. The Balaban J connectivity index is 2.34. The first-order valence-electron chi connectivity index (χ1n) is 9.04. The Morgan fingerprint density at radius 1 is 1.21 bits per heavy atom. The summed E-state index contributed by atoms with van der Waals surface area (Å²) in [6.45, 7) is 3.71. The van der Waals surface area contributed by atoms with Crippen LogP contribution in [-0.4, -0.2) is 24.5 Å². The molecule has 0 bridgehead atoms. The molecule has 1 aliphatic carbocycles. The van der Waals surface area contributed by atoms with E-state index in [9.17, 15) is 24.6 Å². The number of rotatable bonds is 3. The molecule has 0 amide bonds. The largest absolute Gasteiger partial charge is 0.399 e. The highest BCUT2D eigenvalue weighted by Gasteiger charge is 2.55. The van der Waals surface area contributed by atoms with Gasteiger partial charge in [-0.15, -0.1) is 0 Å².